The van der Waals surface area contributed by atoms with E-state index >= 15 is 0 Å². The van der Waals surface area contributed by atoms with Crippen LogP contribution in [0.2, 0.25) is 0 Å². The third-order valence-electron chi connectivity index (χ3n) is 2.44. The molecule has 0 aliphatic carbocycles. The summed E-state index contributed by atoms with van der Waals surface area (Å²) in [4.78, 5) is 4.49. The van der Waals surface area contributed by atoms with Crippen molar-refractivity contribution in [3.05, 3.63) is 6.92 Å². The summed E-state index contributed by atoms with van der Waals surface area (Å²) in [5.41, 5.74) is 0. The Morgan fingerprint density at radius 1 is 0.857 bits per heavy atom. The zero-order valence-electron chi connectivity index (χ0n) is 10.4. The molecule has 0 atom stereocenters. The van der Waals surface area contributed by atoms with Crippen molar-refractivity contribution in [1.82, 2.24) is 9.80 Å². The van der Waals surface area contributed by atoms with Crippen LogP contribution in [0.1, 0.15) is 25.7 Å². The lowest BCUT2D eigenvalue weighted by Gasteiger charge is -2.15. The molecule has 2 nitrogen and oxygen atoms in total. The van der Waals surface area contributed by atoms with Crippen LogP contribution >= 0.6 is 0 Å². The molecular weight excluding hydrogens is 172 g/mol. The molecule has 0 saturated heterocycles. The van der Waals surface area contributed by atoms with Gasteiger partial charge in [0.15, 0.2) is 0 Å². The van der Waals surface area contributed by atoms with Crippen LogP contribution in [0.3, 0.4) is 0 Å². The minimum Gasteiger partial charge on any atom is -0.309 e. The molecule has 1 radical (unpaired) electrons. The average Bonchev–Trinajstić information content (AvgIpc) is 2.02. The second kappa shape index (κ2) is 8.25. The third kappa shape index (κ3) is 10.0. The molecular formula is C12H27N2. The van der Waals surface area contributed by atoms with E-state index in [0.717, 1.165) is 0 Å². The number of hydrogen-bond acceptors (Lipinski definition) is 2. The van der Waals surface area contributed by atoms with E-state index in [4.69, 9.17) is 0 Å². The summed E-state index contributed by atoms with van der Waals surface area (Å²) < 4.78 is 0. The molecule has 85 valence electrons. The molecule has 0 aliphatic heterocycles. The first-order valence-electron chi connectivity index (χ1n) is 5.65. The molecule has 0 N–H and O–H groups in total. The highest BCUT2D eigenvalue weighted by Gasteiger charge is 2.02. The van der Waals surface area contributed by atoms with Gasteiger partial charge in [-0.1, -0.05) is 6.92 Å². The predicted octanol–water partition coefficient (Wildman–Crippen LogP) is 2.12. The van der Waals surface area contributed by atoms with Crippen molar-refractivity contribution < 1.29 is 0 Å². The molecule has 14 heavy (non-hydrogen) atoms. The summed E-state index contributed by atoms with van der Waals surface area (Å²) in [5, 5.41) is 0. The normalized spacial score (nSPS) is 12.0. The summed E-state index contributed by atoms with van der Waals surface area (Å²) in [6.45, 7) is 6.58. The van der Waals surface area contributed by atoms with E-state index < -0.39 is 0 Å². The lowest BCUT2D eigenvalue weighted by Crippen LogP contribution is -2.15. The SMILES string of the molecule is [CH2]C(CCCN(C)C)CCCN(C)C. The summed E-state index contributed by atoms with van der Waals surface area (Å²) in [7, 11) is 8.52. The van der Waals surface area contributed by atoms with E-state index in [1.165, 1.54) is 38.8 Å². The molecule has 0 spiro atoms. The Morgan fingerprint density at radius 3 is 1.50 bits per heavy atom. The molecule has 0 bridgehead atoms. The maximum Gasteiger partial charge on any atom is -0.00247 e. The van der Waals surface area contributed by atoms with Crippen LogP contribution in [0.25, 0.3) is 0 Å². The van der Waals surface area contributed by atoms with Crippen molar-refractivity contribution in [3.8, 4) is 0 Å². The summed E-state index contributed by atoms with van der Waals surface area (Å²) in [5.74, 6) is 0.648. The zero-order valence-corrected chi connectivity index (χ0v) is 10.4. The lowest BCUT2D eigenvalue weighted by atomic mass is 10.00. The van der Waals surface area contributed by atoms with E-state index in [9.17, 15) is 0 Å². The smallest absolute Gasteiger partial charge is 0.00247 e. The van der Waals surface area contributed by atoms with Gasteiger partial charge in [-0.25, -0.2) is 0 Å². The molecule has 0 amide bonds. The van der Waals surface area contributed by atoms with Crippen LogP contribution in [0.15, 0.2) is 0 Å². The highest BCUT2D eigenvalue weighted by Crippen LogP contribution is 2.12. The molecule has 0 aliphatic rings. The van der Waals surface area contributed by atoms with Gasteiger partial charge in [0.05, 0.1) is 0 Å². The molecule has 2 heteroatoms. The first-order chi connectivity index (χ1) is 6.52. The highest BCUT2D eigenvalue weighted by molar-refractivity contribution is 4.63. The van der Waals surface area contributed by atoms with E-state index in [-0.39, 0.29) is 0 Å². The van der Waals surface area contributed by atoms with Crippen molar-refractivity contribution in [2.24, 2.45) is 5.92 Å². The minimum absolute atomic E-state index is 0.648. The highest BCUT2D eigenvalue weighted by atomic mass is 15.0. The van der Waals surface area contributed by atoms with Crippen molar-refractivity contribution in [2.45, 2.75) is 25.7 Å². The molecule has 0 aromatic carbocycles. The van der Waals surface area contributed by atoms with Gasteiger partial charge in [-0.3, -0.25) is 0 Å². The fourth-order valence-corrected chi connectivity index (χ4v) is 1.54. The molecule has 0 unspecified atom stereocenters. The third-order valence-corrected chi connectivity index (χ3v) is 2.44. The van der Waals surface area contributed by atoms with E-state index in [1.807, 2.05) is 0 Å². The predicted molar refractivity (Wildman–Crippen MR) is 64.4 cm³/mol. The first kappa shape index (κ1) is 13.9. The zero-order chi connectivity index (χ0) is 11.0. The van der Waals surface area contributed by atoms with E-state index in [2.05, 4.69) is 44.9 Å². The Morgan fingerprint density at radius 2 is 1.21 bits per heavy atom. The molecule has 0 aromatic rings. The fraction of sp³-hybridized carbons (Fsp3) is 0.917. The van der Waals surface area contributed by atoms with Crippen molar-refractivity contribution >= 4 is 0 Å². The van der Waals surface area contributed by atoms with Gasteiger partial charge in [0.25, 0.3) is 0 Å². The standard InChI is InChI=1S/C12H27N2/c1-12(8-6-10-13(2)3)9-7-11-14(4)5/h12H,1,6-11H2,2-5H3. The van der Waals surface area contributed by atoms with Gasteiger partial charge in [0.2, 0.25) is 0 Å². The monoisotopic (exact) mass is 199 g/mol. The van der Waals surface area contributed by atoms with Gasteiger partial charge < -0.3 is 9.80 Å². The lowest BCUT2D eigenvalue weighted by molar-refractivity contribution is 0.353. The van der Waals surface area contributed by atoms with Crippen LogP contribution in [-0.2, 0) is 0 Å². The van der Waals surface area contributed by atoms with Crippen LogP contribution in [0, 0.1) is 12.8 Å². The second-order valence-corrected chi connectivity index (χ2v) is 4.76. The molecule has 0 heterocycles. The van der Waals surface area contributed by atoms with Gasteiger partial charge in [-0.05, 0) is 72.9 Å². The van der Waals surface area contributed by atoms with Gasteiger partial charge in [-0.2, -0.15) is 0 Å². The van der Waals surface area contributed by atoms with Gasteiger partial charge in [-0.15, -0.1) is 0 Å². The largest absolute Gasteiger partial charge is 0.309 e. The minimum atomic E-state index is 0.648. The molecule has 0 fully saturated rings. The Labute approximate surface area is 90.3 Å². The van der Waals surface area contributed by atoms with Crippen molar-refractivity contribution in [1.29, 1.82) is 0 Å². The van der Waals surface area contributed by atoms with Gasteiger partial charge in [0.1, 0.15) is 0 Å². The summed E-state index contributed by atoms with van der Waals surface area (Å²) in [6.07, 6.45) is 5.10. The Hall–Kier alpha value is -0.0800. The van der Waals surface area contributed by atoms with Crippen LogP contribution in [0.4, 0.5) is 0 Å². The Kier molecular flexibility index (Phi) is 8.20. The second-order valence-electron chi connectivity index (χ2n) is 4.76. The van der Waals surface area contributed by atoms with E-state index in [1.54, 1.807) is 0 Å². The maximum absolute atomic E-state index is 4.19. The van der Waals surface area contributed by atoms with Crippen LogP contribution in [-0.4, -0.2) is 51.1 Å². The first-order valence-corrected chi connectivity index (χ1v) is 5.65. The van der Waals surface area contributed by atoms with Crippen molar-refractivity contribution in [3.63, 3.8) is 0 Å². The molecule has 0 aromatic heterocycles. The number of rotatable bonds is 8. The molecule has 0 rings (SSSR count). The fourth-order valence-electron chi connectivity index (χ4n) is 1.54. The van der Waals surface area contributed by atoms with Gasteiger partial charge >= 0.3 is 0 Å². The maximum atomic E-state index is 4.19. The average molecular weight is 199 g/mol. The van der Waals surface area contributed by atoms with Crippen LogP contribution in [0.5, 0.6) is 0 Å². The Balaban J connectivity index is 3.23. The van der Waals surface area contributed by atoms with E-state index in [0.29, 0.717) is 5.92 Å². The quantitative estimate of drug-likeness (QED) is 0.591. The van der Waals surface area contributed by atoms with Crippen molar-refractivity contribution in [2.75, 3.05) is 41.3 Å². The summed E-state index contributed by atoms with van der Waals surface area (Å²) in [6, 6.07) is 0. The number of nitrogens with zero attached hydrogens (tertiary/aromatic N) is 2. The molecule has 0 saturated carbocycles. The topological polar surface area (TPSA) is 6.48 Å². The van der Waals surface area contributed by atoms with Gasteiger partial charge in [0, 0.05) is 0 Å². The summed E-state index contributed by atoms with van der Waals surface area (Å²) >= 11 is 0. The number of hydrogen-bond donors (Lipinski definition) is 0. The Bertz CT molecular complexity index is 107. The van der Waals surface area contributed by atoms with Crippen LogP contribution < -0.4 is 0 Å².